The van der Waals surface area contributed by atoms with Crippen LogP contribution in [0.2, 0.25) is 5.02 Å². The summed E-state index contributed by atoms with van der Waals surface area (Å²) in [6.45, 7) is 2.55. The molecule has 0 spiro atoms. The smallest absolute Gasteiger partial charge is 0.273 e. The van der Waals surface area contributed by atoms with Crippen LogP contribution >= 0.6 is 24.0 Å². The molecule has 0 radical (unpaired) electrons. The van der Waals surface area contributed by atoms with Gasteiger partial charge in [-0.25, -0.2) is 4.68 Å². The van der Waals surface area contributed by atoms with Gasteiger partial charge in [-0.15, -0.1) is 17.5 Å². The number of methoxy groups -OCH3 is 1. The summed E-state index contributed by atoms with van der Waals surface area (Å²) < 4.78 is 6.39. The lowest BCUT2D eigenvalue weighted by Gasteiger charge is -2.04. The van der Waals surface area contributed by atoms with Gasteiger partial charge < -0.3 is 15.4 Å². The summed E-state index contributed by atoms with van der Waals surface area (Å²) in [6, 6.07) is 7.23. The number of hydrogen-bond acceptors (Lipinski definition) is 5. The van der Waals surface area contributed by atoms with E-state index < -0.39 is 0 Å². The molecule has 0 fully saturated rings. The topological polar surface area (TPSA) is 81.1 Å². The van der Waals surface area contributed by atoms with E-state index in [1.54, 1.807) is 25.4 Å². The largest absolute Gasteiger partial charge is 0.383 e. The molecule has 23 heavy (non-hydrogen) atoms. The van der Waals surface area contributed by atoms with E-state index in [4.69, 9.17) is 16.3 Å². The molecular formula is C14H19Cl2N5O2. The summed E-state index contributed by atoms with van der Waals surface area (Å²) in [7, 11) is 1.64. The van der Waals surface area contributed by atoms with E-state index in [0.29, 0.717) is 30.4 Å². The molecule has 0 bridgehead atoms. The van der Waals surface area contributed by atoms with Crippen LogP contribution in [-0.2, 0) is 4.74 Å². The van der Waals surface area contributed by atoms with Crippen molar-refractivity contribution in [1.82, 2.24) is 25.6 Å². The number of ether oxygens (including phenoxy) is 1. The minimum atomic E-state index is -0.271. The molecular weight excluding hydrogens is 341 g/mol. The van der Waals surface area contributed by atoms with Gasteiger partial charge in [0.2, 0.25) is 0 Å². The van der Waals surface area contributed by atoms with Crippen molar-refractivity contribution in [1.29, 1.82) is 0 Å². The van der Waals surface area contributed by atoms with Crippen LogP contribution in [0.4, 0.5) is 0 Å². The van der Waals surface area contributed by atoms with Gasteiger partial charge in [-0.3, -0.25) is 4.79 Å². The molecule has 2 rings (SSSR count). The Bertz CT molecular complexity index is 621. The zero-order valence-electron chi connectivity index (χ0n) is 12.7. The van der Waals surface area contributed by atoms with Crippen molar-refractivity contribution in [2.24, 2.45) is 0 Å². The minimum absolute atomic E-state index is 0. The van der Waals surface area contributed by atoms with E-state index in [0.717, 1.165) is 6.54 Å². The lowest BCUT2D eigenvalue weighted by molar-refractivity contribution is 0.0948. The number of nitrogens with zero attached hydrogens (tertiary/aromatic N) is 3. The molecule has 1 aromatic heterocycles. The van der Waals surface area contributed by atoms with Crippen molar-refractivity contribution in [2.45, 2.75) is 0 Å². The molecule has 0 saturated heterocycles. The molecule has 0 unspecified atom stereocenters. The second-order valence-corrected chi connectivity index (χ2v) is 4.91. The van der Waals surface area contributed by atoms with Crippen LogP contribution < -0.4 is 10.6 Å². The third-order valence-electron chi connectivity index (χ3n) is 2.90. The van der Waals surface area contributed by atoms with Gasteiger partial charge in [0.25, 0.3) is 5.91 Å². The number of carbonyl (C=O) groups excluding carboxylic acids is 1. The minimum Gasteiger partial charge on any atom is -0.383 e. The van der Waals surface area contributed by atoms with Crippen LogP contribution in [0.25, 0.3) is 5.69 Å². The van der Waals surface area contributed by atoms with Crippen LogP contribution in [0.15, 0.2) is 30.5 Å². The number of halogens is 2. The average Bonchev–Trinajstić information content (AvgIpc) is 3.01. The van der Waals surface area contributed by atoms with E-state index in [1.165, 1.54) is 4.68 Å². The highest BCUT2D eigenvalue weighted by molar-refractivity contribution is 6.32. The van der Waals surface area contributed by atoms with Crippen LogP contribution in [0.5, 0.6) is 0 Å². The lowest BCUT2D eigenvalue weighted by atomic mass is 10.3. The predicted octanol–water partition coefficient (Wildman–Crippen LogP) is 1.31. The van der Waals surface area contributed by atoms with Gasteiger partial charge in [0.05, 0.1) is 23.5 Å². The Kier molecular flexibility index (Phi) is 8.57. The SMILES string of the molecule is COCCNCCNC(=O)c1cn(-c2ccccc2Cl)nn1.Cl. The van der Waals surface area contributed by atoms with Crippen molar-refractivity contribution in [2.75, 3.05) is 33.4 Å². The predicted molar refractivity (Wildman–Crippen MR) is 90.7 cm³/mol. The third kappa shape index (κ3) is 5.80. The zero-order chi connectivity index (χ0) is 15.8. The average molecular weight is 360 g/mol. The summed E-state index contributed by atoms with van der Waals surface area (Å²) >= 11 is 6.08. The molecule has 1 heterocycles. The Labute approximate surface area is 145 Å². The van der Waals surface area contributed by atoms with Crippen LogP contribution in [0.3, 0.4) is 0 Å². The molecule has 0 aliphatic carbocycles. The molecule has 2 N–H and O–H groups in total. The first-order valence-corrected chi connectivity index (χ1v) is 7.25. The summed E-state index contributed by atoms with van der Waals surface area (Å²) in [5, 5.41) is 14.2. The van der Waals surface area contributed by atoms with E-state index in [-0.39, 0.29) is 24.0 Å². The Morgan fingerprint density at radius 2 is 2.09 bits per heavy atom. The molecule has 126 valence electrons. The number of nitrogens with one attached hydrogen (secondary N) is 2. The second kappa shape index (κ2) is 10.2. The van der Waals surface area contributed by atoms with Crippen LogP contribution in [-0.4, -0.2) is 54.3 Å². The van der Waals surface area contributed by atoms with Gasteiger partial charge in [-0.1, -0.05) is 28.9 Å². The monoisotopic (exact) mass is 359 g/mol. The highest BCUT2D eigenvalue weighted by Gasteiger charge is 2.12. The first-order valence-electron chi connectivity index (χ1n) is 6.87. The molecule has 7 nitrogen and oxygen atoms in total. The maximum Gasteiger partial charge on any atom is 0.273 e. The number of carbonyl (C=O) groups is 1. The molecule has 1 aromatic carbocycles. The van der Waals surface area contributed by atoms with Gasteiger partial charge >= 0.3 is 0 Å². The van der Waals surface area contributed by atoms with Crippen LogP contribution in [0.1, 0.15) is 10.5 Å². The summed E-state index contributed by atoms with van der Waals surface area (Å²) in [6.07, 6.45) is 1.55. The Morgan fingerprint density at radius 3 is 2.83 bits per heavy atom. The standard InChI is InChI=1S/C14H18ClN5O2.ClH/c1-22-9-8-16-6-7-17-14(21)12-10-20(19-18-12)13-5-3-2-4-11(13)15;/h2-5,10,16H,6-9H2,1H3,(H,17,21);1H. The van der Waals surface area contributed by atoms with Crippen LogP contribution in [0, 0.1) is 0 Å². The van der Waals surface area contributed by atoms with E-state index in [9.17, 15) is 4.79 Å². The second-order valence-electron chi connectivity index (χ2n) is 4.50. The molecule has 0 saturated carbocycles. The maximum absolute atomic E-state index is 12.0. The van der Waals surface area contributed by atoms with E-state index >= 15 is 0 Å². The zero-order valence-corrected chi connectivity index (χ0v) is 14.2. The number of hydrogen-bond donors (Lipinski definition) is 2. The first kappa shape index (κ1) is 19.4. The number of rotatable bonds is 8. The van der Waals surface area contributed by atoms with Crippen molar-refractivity contribution < 1.29 is 9.53 Å². The third-order valence-corrected chi connectivity index (χ3v) is 3.22. The summed E-state index contributed by atoms with van der Waals surface area (Å²) in [5.74, 6) is -0.271. The number of benzene rings is 1. The van der Waals surface area contributed by atoms with Gasteiger partial charge in [-0.05, 0) is 12.1 Å². The molecule has 9 heteroatoms. The highest BCUT2D eigenvalue weighted by Crippen LogP contribution is 2.18. The van der Waals surface area contributed by atoms with Crippen molar-refractivity contribution in [3.63, 3.8) is 0 Å². The lowest BCUT2D eigenvalue weighted by Crippen LogP contribution is -2.33. The quantitative estimate of drug-likeness (QED) is 0.694. The van der Waals surface area contributed by atoms with Crippen molar-refractivity contribution in [3.8, 4) is 5.69 Å². The normalized spacial score (nSPS) is 10.2. The number of amides is 1. The summed E-state index contributed by atoms with van der Waals surface area (Å²) in [4.78, 5) is 12.0. The fourth-order valence-corrected chi connectivity index (χ4v) is 2.00. The number of para-hydroxylation sites is 1. The highest BCUT2D eigenvalue weighted by atomic mass is 35.5. The molecule has 2 aromatic rings. The molecule has 0 aliphatic heterocycles. The molecule has 0 aliphatic rings. The summed E-state index contributed by atoms with van der Waals surface area (Å²) in [5.41, 5.74) is 0.925. The van der Waals surface area contributed by atoms with Crippen molar-refractivity contribution in [3.05, 3.63) is 41.2 Å². The van der Waals surface area contributed by atoms with Crippen molar-refractivity contribution >= 4 is 29.9 Å². The molecule has 1 amide bonds. The van der Waals surface area contributed by atoms with E-state index in [2.05, 4.69) is 20.9 Å². The number of aromatic nitrogens is 3. The van der Waals surface area contributed by atoms with E-state index in [1.807, 2.05) is 12.1 Å². The van der Waals surface area contributed by atoms with Gasteiger partial charge in [0.15, 0.2) is 5.69 Å². The van der Waals surface area contributed by atoms with Gasteiger partial charge in [0.1, 0.15) is 0 Å². The fraction of sp³-hybridized carbons (Fsp3) is 0.357. The Morgan fingerprint density at radius 1 is 1.30 bits per heavy atom. The molecule has 0 atom stereocenters. The fourth-order valence-electron chi connectivity index (χ4n) is 1.78. The maximum atomic E-state index is 12.0. The Hall–Kier alpha value is -1.67. The first-order chi connectivity index (χ1) is 10.7. The van der Waals surface area contributed by atoms with Gasteiger partial charge in [0, 0.05) is 26.7 Å². The Balaban J connectivity index is 0.00000264. The van der Waals surface area contributed by atoms with Gasteiger partial charge in [-0.2, -0.15) is 0 Å².